The third-order valence-corrected chi connectivity index (χ3v) is 6.24. The minimum atomic E-state index is -0.650. The molecule has 2 N–H and O–H groups in total. The number of fused-ring (bicyclic) bond motifs is 1. The van der Waals surface area contributed by atoms with Crippen LogP contribution < -0.4 is 21.9 Å². The first kappa shape index (κ1) is 25.9. The van der Waals surface area contributed by atoms with Crippen LogP contribution in [0.5, 0.6) is 0 Å². The van der Waals surface area contributed by atoms with Gasteiger partial charge in [0.2, 0.25) is 11.8 Å². The first-order valence-electron chi connectivity index (χ1n) is 12.0. The zero-order chi connectivity index (χ0) is 26.4. The summed E-state index contributed by atoms with van der Waals surface area (Å²) in [5.41, 5.74) is 0.733. The molecular weight excluding hydrogens is 492 g/mol. The molecule has 3 aromatic carbocycles. The number of hydrogen-bond acceptors (Lipinski definition) is 4. The summed E-state index contributed by atoms with van der Waals surface area (Å²) in [5.74, 6) is -0.550. The molecule has 0 fully saturated rings. The predicted molar refractivity (Wildman–Crippen MR) is 146 cm³/mol. The van der Waals surface area contributed by atoms with E-state index in [2.05, 4.69) is 17.6 Å². The molecule has 190 valence electrons. The Kier molecular flexibility index (Phi) is 8.20. The summed E-state index contributed by atoms with van der Waals surface area (Å²) in [4.78, 5) is 51.8. The average molecular weight is 519 g/mol. The molecule has 0 spiro atoms. The van der Waals surface area contributed by atoms with Gasteiger partial charge in [0.05, 0.1) is 33.7 Å². The van der Waals surface area contributed by atoms with Crippen LogP contribution in [-0.2, 0) is 22.6 Å². The number of para-hydroxylation sites is 2. The lowest BCUT2D eigenvalue weighted by Crippen LogP contribution is -2.40. The molecule has 0 atom stereocenters. The van der Waals surface area contributed by atoms with Gasteiger partial charge in [-0.05, 0) is 48.4 Å². The van der Waals surface area contributed by atoms with Crippen LogP contribution in [0.3, 0.4) is 0 Å². The Hall–Kier alpha value is -4.17. The summed E-state index contributed by atoms with van der Waals surface area (Å²) in [7, 11) is 0. The third kappa shape index (κ3) is 5.98. The van der Waals surface area contributed by atoms with Crippen molar-refractivity contribution < 1.29 is 9.59 Å². The molecule has 0 aliphatic rings. The Morgan fingerprint density at radius 2 is 1.59 bits per heavy atom. The first-order valence-corrected chi connectivity index (χ1v) is 12.4. The number of aromatic nitrogens is 2. The van der Waals surface area contributed by atoms with Gasteiger partial charge in [0, 0.05) is 6.54 Å². The van der Waals surface area contributed by atoms with Gasteiger partial charge in [-0.2, -0.15) is 0 Å². The highest BCUT2D eigenvalue weighted by Crippen LogP contribution is 2.20. The van der Waals surface area contributed by atoms with E-state index < -0.39 is 17.2 Å². The van der Waals surface area contributed by atoms with Crippen LogP contribution >= 0.6 is 11.6 Å². The second kappa shape index (κ2) is 11.7. The normalized spacial score (nSPS) is 10.9. The summed E-state index contributed by atoms with van der Waals surface area (Å²) in [6, 6.07) is 20.1. The number of hydrogen-bond donors (Lipinski definition) is 2. The number of benzene rings is 3. The van der Waals surface area contributed by atoms with E-state index in [0.717, 1.165) is 23.0 Å². The lowest BCUT2D eigenvalue weighted by atomic mass is 10.1. The van der Waals surface area contributed by atoms with E-state index in [1.54, 1.807) is 72.8 Å². The molecular formula is C28H27ClN4O4. The second-order valence-corrected chi connectivity index (χ2v) is 9.01. The monoisotopic (exact) mass is 518 g/mol. The van der Waals surface area contributed by atoms with E-state index in [-0.39, 0.29) is 18.9 Å². The Bertz CT molecular complexity index is 1560. The van der Waals surface area contributed by atoms with Gasteiger partial charge in [0.25, 0.3) is 5.56 Å². The van der Waals surface area contributed by atoms with E-state index in [0.29, 0.717) is 33.8 Å². The van der Waals surface area contributed by atoms with Crippen LogP contribution in [0.1, 0.15) is 25.3 Å². The third-order valence-electron chi connectivity index (χ3n) is 5.91. The van der Waals surface area contributed by atoms with Crippen LogP contribution in [0.25, 0.3) is 16.6 Å². The van der Waals surface area contributed by atoms with E-state index >= 15 is 0 Å². The molecule has 0 saturated heterocycles. The molecule has 0 aliphatic heterocycles. The van der Waals surface area contributed by atoms with Gasteiger partial charge in [0.15, 0.2) is 0 Å². The lowest BCUT2D eigenvalue weighted by Gasteiger charge is -2.15. The van der Waals surface area contributed by atoms with Gasteiger partial charge in [-0.1, -0.05) is 61.3 Å². The van der Waals surface area contributed by atoms with Gasteiger partial charge in [0.1, 0.15) is 6.54 Å². The zero-order valence-electron chi connectivity index (χ0n) is 20.4. The molecule has 4 aromatic rings. The number of anilines is 1. The highest BCUT2D eigenvalue weighted by Gasteiger charge is 2.17. The van der Waals surface area contributed by atoms with E-state index in [1.165, 1.54) is 4.57 Å². The number of halogens is 1. The number of nitrogens with one attached hydrogen (secondary N) is 2. The number of rotatable bonds is 9. The predicted octanol–water partition coefficient (Wildman–Crippen LogP) is 3.90. The maximum atomic E-state index is 13.5. The zero-order valence-corrected chi connectivity index (χ0v) is 21.1. The molecule has 0 aliphatic carbocycles. The number of carbonyl (C=O) groups is 2. The smallest absolute Gasteiger partial charge is 0.336 e. The van der Waals surface area contributed by atoms with Crippen LogP contribution in [0.4, 0.5) is 5.69 Å². The molecule has 4 rings (SSSR count). The van der Waals surface area contributed by atoms with Crippen LogP contribution in [0, 0.1) is 0 Å². The summed E-state index contributed by atoms with van der Waals surface area (Å²) in [5, 5.41) is 6.25. The maximum absolute atomic E-state index is 13.5. The van der Waals surface area contributed by atoms with Crippen LogP contribution in [-0.4, -0.2) is 27.5 Å². The molecule has 0 saturated carbocycles. The minimum absolute atomic E-state index is 0.0871. The Morgan fingerprint density at radius 1 is 0.892 bits per heavy atom. The van der Waals surface area contributed by atoms with E-state index in [9.17, 15) is 19.2 Å². The fraction of sp³-hybridized carbons (Fsp3) is 0.214. The van der Waals surface area contributed by atoms with Crippen molar-refractivity contribution in [3.63, 3.8) is 0 Å². The SMILES string of the molecule is CCCCNC(=O)Cc1ccc(-n2c(=O)c3ccccc3n(CC(=O)Nc3ccccc3Cl)c2=O)cc1. The number of amides is 2. The van der Waals surface area contributed by atoms with Crippen molar-refractivity contribution in [2.75, 3.05) is 11.9 Å². The molecule has 2 amide bonds. The van der Waals surface area contributed by atoms with E-state index in [4.69, 9.17) is 11.6 Å². The topological polar surface area (TPSA) is 102 Å². The van der Waals surface area contributed by atoms with Gasteiger partial charge < -0.3 is 10.6 Å². The fourth-order valence-electron chi connectivity index (χ4n) is 4.01. The molecule has 0 bridgehead atoms. The fourth-order valence-corrected chi connectivity index (χ4v) is 4.20. The molecule has 0 radical (unpaired) electrons. The summed E-state index contributed by atoms with van der Waals surface area (Å²) >= 11 is 6.15. The summed E-state index contributed by atoms with van der Waals surface area (Å²) in [6.07, 6.45) is 2.11. The Morgan fingerprint density at radius 3 is 2.32 bits per heavy atom. The quantitative estimate of drug-likeness (QED) is 0.328. The largest absolute Gasteiger partial charge is 0.356 e. The molecule has 0 unspecified atom stereocenters. The van der Waals surface area contributed by atoms with Crippen molar-refractivity contribution in [2.45, 2.75) is 32.7 Å². The van der Waals surface area contributed by atoms with E-state index in [1.807, 2.05) is 0 Å². The van der Waals surface area contributed by atoms with Gasteiger partial charge >= 0.3 is 5.69 Å². The number of unbranched alkanes of at least 4 members (excludes halogenated alkanes) is 1. The average Bonchev–Trinajstić information content (AvgIpc) is 2.89. The van der Waals surface area contributed by atoms with Crippen molar-refractivity contribution in [3.05, 3.63) is 104 Å². The van der Waals surface area contributed by atoms with Crippen molar-refractivity contribution in [1.82, 2.24) is 14.5 Å². The van der Waals surface area contributed by atoms with Gasteiger partial charge in [-0.15, -0.1) is 0 Å². The molecule has 1 aromatic heterocycles. The Balaban J connectivity index is 1.66. The Labute approximate surface area is 218 Å². The number of carbonyl (C=O) groups excluding carboxylic acids is 2. The first-order chi connectivity index (χ1) is 17.9. The lowest BCUT2D eigenvalue weighted by molar-refractivity contribution is -0.120. The van der Waals surface area contributed by atoms with Crippen molar-refractivity contribution >= 4 is 40.0 Å². The highest BCUT2D eigenvalue weighted by atomic mass is 35.5. The molecule has 8 nitrogen and oxygen atoms in total. The van der Waals surface area contributed by atoms with Crippen LogP contribution in [0.15, 0.2) is 82.4 Å². The maximum Gasteiger partial charge on any atom is 0.336 e. The van der Waals surface area contributed by atoms with Crippen molar-refractivity contribution in [3.8, 4) is 5.69 Å². The van der Waals surface area contributed by atoms with Gasteiger partial charge in [-0.25, -0.2) is 9.36 Å². The van der Waals surface area contributed by atoms with Crippen molar-refractivity contribution in [1.29, 1.82) is 0 Å². The van der Waals surface area contributed by atoms with Gasteiger partial charge in [-0.3, -0.25) is 19.0 Å². The highest BCUT2D eigenvalue weighted by molar-refractivity contribution is 6.33. The summed E-state index contributed by atoms with van der Waals surface area (Å²) < 4.78 is 2.30. The number of nitrogens with zero attached hydrogens (tertiary/aromatic N) is 2. The molecule has 1 heterocycles. The van der Waals surface area contributed by atoms with Crippen molar-refractivity contribution in [2.24, 2.45) is 0 Å². The second-order valence-electron chi connectivity index (χ2n) is 8.60. The molecule has 9 heteroatoms. The minimum Gasteiger partial charge on any atom is -0.356 e. The summed E-state index contributed by atoms with van der Waals surface area (Å²) in [6.45, 7) is 2.36. The van der Waals surface area contributed by atoms with Crippen LogP contribution in [0.2, 0.25) is 5.02 Å². The molecule has 37 heavy (non-hydrogen) atoms. The standard InChI is InChI=1S/C28H27ClN4O4/c1-2-3-16-30-25(34)17-19-12-14-20(15-13-19)33-27(36)21-8-4-7-11-24(21)32(28(33)37)18-26(35)31-23-10-6-5-9-22(23)29/h4-15H,2-3,16-18H2,1H3,(H,30,34)(H,31,35).